The van der Waals surface area contributed by atoms with Gasteiger partial charge in [0.15, 0.2) is 0 Å². The number of halogens is 1. The van der Waals surface area contributed by atoms with E-state index in [-0.39, 0.29) is 11.7 Å². The highest BCUT2D eigenvalue weighted by atomic mass is 35.5. The van der Waals surface area contributed by atoms with Crippen LogP contribution in [-0.4, -0.2) is 23.6 Å². The molecule has 0 saturated heterocycles. The van der Waals surface area contributed by atoms with E-state index in [1.54, 1.807) is 0 Å². The lowest BCUT2D eigenvalue weighted by atomic mass is 9.85. The topological polar surface area (TPSA) is 23.5 Å². The van der Waals surface area contributed by atoms with Gasteiger partial charge in [0.05, 0.1) is 5.02 Å². The second kappa shape index (κ2) is 4.87. The summed E-state index contributed by atoms with van der Waals surface area (Å²) in [5.41, 5.74) is 3.66. The first-order valence-corrected chi connectivity index (χ1v) is 6.77. The van der Waals surface area contributed by atoms with E-state index in [1.807, 2.05) is 18.2 Å². The van der Waals surface area contributed by atoms with E-state index in [4.69, 9.17) is 11.6 Å². The first kappa shape index (κ1) is 12.5. The monoisotopic (exact) mass is 273 g/mol. The summed E-state index contributed by atoms with van der Waals surface area (Å²) in [7, 11) is 2.11. The lowest BCUT2D eigenvalue weighted by Gasteiger charge is -2.33. The maximum Gasteiger partial charge on any atom is 0.134 e. The number of phenols is 1. The number of fused-ring (bicyclic) bond motifs is 1. The molecule has 1 aliphatic rings. The average molecular weight is 274 g/mol. The van der Waals surface area contributed by atoms with E-state index in [9.17, 15) is 5.11 Å². The molecule has 2 nitrogen and oxygen atoms in total. The van der Waals surface area contributed by atoms with Gasteiger partial charge in [0.2, 0.25) is 0 Å². The number of likely N-dealkylation sites (N-methyl/N-ethyl adjacent to an activating group) is 1. The molecule has 3 heteroatoms. The summed E-state index contributed by atoms with van der Waals surface area (Å²) in [4.78, 5) is 2.29. The predicted octanol–water partition coefficient (Wildman–Crippen LogP) is 3.62. The molecule has 1 N–H and O–H groups in total. The molecule has 0 aromatic heterocycles. The molecule has 98 valence electrons. The van der Waals surface area contributed by atoms with Crippen molar-refractivity contribution in [2.45, 2.75) is 12.5 Å². The van der Waals surface area contributed by atoms with Crippen LogP contribution in [0.5, 0.6) is 5.75 Å². The Morgan fingerprint density at radius 3 is 2.68 bits per heavy atom. The number of phenolic OH excluding ortho intramolecular Hbond substituents is 1. The third kappa shape index (κ3) is 2.34. The van der Waals surface area contributed by atoms with Crippen molar-refractivity contribution in [3.05, 3.63) is 64.2 Å². The van der Waals surface area contributed by atoms with Gasteiger partial charge in [0, 0.05) is 19.0 Å². The number of benzene rings is 2. The van der Waals surface area contributed by atoms with Crippen molar-refractivity contribution >= 4 is 11.6 Å². The highest BCUT2D eigenvalue weighted by Gasteiger charge is 2.25. The van der Waals surface area contributed by atoms with E-state index >= 15 is 0 Å². The summed E-state index contributed by atoms with van der Waals surface area (Å²) in [5, 5.41) is 10.3. The van der Waals surface area contributed by atoms with Crippen molar-refractivity contribution in [2.24, 2.45) is 0 Å². The Balaban J connectivity index is 2.12. The van der Waals surface area contributed by atoms with E-state index in [0.29, 0.717) is 5.02 Å². The van der Waals surface area contributed by atoms with Gasteiger partial charge < -0.3 is 10.0 Å². The van der Waals surface area contributed by atoms with Crippen LogP contribution < -0.4 is 0 Å². The molecule has 0 bridgehead atoms. The molecule has 1 aliphatic heterocycles. The van der Waals surface area contributed by atoms with Crippen molar-refractivity contribution < 1.29 is 5.11 Å². The largest absolute Gasteiger partial charge is 0.506 e. The maximum absolute atomic E-state index is 9.86. The summed E-state index contributed by atoms with van der Waals surface area (Å²) < 4.78 is 0. The van der Waals surface area contributed by atoms with Crippen LogP contribution in [-0.2, 0) is 6.54 Å². The Hall–Kier alpha value is -1.51. The summed E-state index contributed by atoms with van der Waals surface area (Å²) in [6.45, 7) is 1.83. The first-order chi connectivity index (χ1) is 9.15. The molecule has 1 heterocycles. The number of hydrogen-bond donors (Lipinski definition) is 1. The second-order valence-electron chi connectivity index (χ2n) is 5.16. The summed E-state index contributed by atoms with van der Waals surface area (Å²) in [5.74, 6) is 0.462. The van der Waals surface area contributed by atoms with Crippen LogP contribution in [0.25, 0.3) is 0 Å². The second-order valence-corrected chi connectivity index (χ2v) is 5.57. The molecule has 0 spiro atoms. The highest BCUT2D eigenvalue weighted by Crippen LogP contribution is 2.37. The SMILES string of the molecule is CN1Cc2cc(Cl)c(O)cc2C(c2ccccc2)C1. The predicted molar refractivity (Wildman–Crippen MR) is 77.7 cm³/mol. The molecular weight excluding hydrogens is 258 g/mol. The third-order valence-corrected chi connectivity index (χ3v) is 4.02. The van der Waals surface area contributed by atoms with Crippen LogP contribution in [0, 0.1) is 0 Å². The Morgan fingerprint density at radius 2 is 1.95 bits per heavy atom. The number of rotatable bonds is 1. The van der Waals surface area contributed by atoms with E-state index < -0.39 is 0 Å². The number of aromatic hydroxyl groups is 1. The Bertz CT molecular complexity index is 597. The first-order valence-electron chi connectivity index (χ1n) is 6.40. The van der Waals surface area contributed by atoms with Gasteiger partial charge in [-0.25, -0.2) is 0 Å². The van der Waals surface area contributed by atoms with Crippen LogP contribution >= 0.6 is 11.6 Å². The molecule has 0 fully saturated rings. The van der Waals surface area contributed by atoms with Gasteiger partial charge in [0.1, 0.15) is 5.75 Å². The molecule has 2 aromatic carbocycles. The van der Waals surface area contributed by atoms with E-state index in [1.165, 1.54) is 16.7 Å². The zero-order valence-corrected chi connectivity index (χ0v) is 11.6. The normalized spacial score (nSPS) is 19.2. The Morgan fingerprint density at radius 1 is 1.21 bits per heavy atom. The maximum atomic E-state index is 9.86. The van der Waals surface area contributed by atoms with Crippen LogP contribution in [0.2, 0.25) is 5.02 Å². The highest BCUT2D eigenvalue weighted by molar-refractivity contribution is 6.32. The van der Waals surface area contributed by atoms with Gasteiger partial charge in [0.25, 0.3) is 0 Å². The molecule has 0 radical (unpaired) electrons. The van der Waals surface area contributed by atoms with Gasteiger partial charge in [-0.1, -0.05) is 41.9 Å². The molecule has 3 rings (SSSR count). The van der Waals surface area contributed by atoms with Crippen LogP contribution in [0.15, 0.2) is 42.5 Å². The van der Waals surface area contributed by atoms with E-state index in [0.717, 1.165) is 13.1 Å². The lowest BCUT2D eigenvalue weighted by molar-refractivity contribution is 0.294. The minimum atomic E-state index is 0.172. The standard InChI is InChI=1S/C16H16ClNO/c1-18-9-12-7-15(17)16(19)8-13(12)14(10-18)11-5-3-2-4-6-11/h2-8,14,19H,9-10H2,1H3. The summed E-state index contributed by atoms with van der Waals surface area (Å²) >= 11 is 6.02. The number of hydrogen-bond acceptors (Lipinski definition) is 2. The van der Waals surface area contributed by atoms with Gasteiger partial charge in [-0.05, 0) is 35.9 Å². The molecule has 1 unspecified atom stereocenters. The van der Waals surface area contributed by atoms with Crippen molar-refractivity contribution in [1.82, 2.24) is 4.90 Å². The quantitative estimate of drug-likeness (QED) is 0.858. The minimum Gasteiger partial charge on any atom is -0.506 e. The number of nitrogens with zero attached hydrogens (tertiary/aromatic N) is 1. The van der Waals surface area contributed by atoms with Gasteiger partial charge in [-0.15, -0.1) is 0 Å². The van der Waals surface area contributed by atoms with Gasteiger partial charge in [-0.3, -0.25) is 0 Å². The fraction of sp³-hybridized carbons (Fsp3) is 0.250. The van der Waals surface area contributed by atoms with Crippen molar-refractivity contribution in [3.63, 3.8) is 0 Å². The van der Waals surface area contributed by atoms with Crippen LogP contribution in [0.3, 0.4) is 0 Å². The Labute approximate surface area is 118 Å². The van der Waals surface area contributed by atoms with Crippen molar-refractivity contribution in [1.29, 1.82) is 0 Å². The molecule has 0 aliphatic carbocycles. The Kier molecular flexibility index (Phi) is 3.21. The lowest BCUT2D eigenvalue weighted by Crippen LogP contribution is -2.30. The summed E-state index contributed by atoms with van der Waals surface area (Å²) in [6, 6.07) is 14.1. The van der Waals surface area contributed by atoms with Crippen molar-refractivity contribution in [2.75, 3.05) is 13.6 Å². The molecule has 0 saturated carbocycles. The van der Waals surface area contributed by atoms with E-state index in [2.05, 4.69) is 36.2 Å². The van der Waals surface area contributed by atoms with Crippen LogP contribution in [0.1, 0.15) is 22.6 Å². The average Bonchev–Trinajstić information content (AvgIpc) is 2.41. The fourth-order valence-electron chi connectivity index (χ4n) is 2.82. The molecule has 19 heavy (non-hydrogen) atoms. The van der Waals surface area contributed by atoms with Gasteiger partial charge >= 0.3 is 0 Å². The van der Waals surface area contributed by atoms with Gasteiger partial charge in [-0.2, -0.15) is 0 Å². The molecule has 1 atom stereocenters. The summed E-state index contributed by atoms with van der Waals surface area (Å²) in [6.07, 6.45) is 0. The fourth-order valence-corrected chi connectivity index (χ4v) is 3.00. The smallest absolute Gasteiger partial charge is 0.134 e. The van der Waals surface area contributed by atoms with Crippen molar-refractivity contribution in [3.8, 4) is 5.75 Å². The molecule has 0 amide bonds. The van der Waals surface area contributed by atoms with Crippen LogP contribution in [0.4, 0.5) is 0 Å². The molecular formula is C16H16ClNO. The minimum absolute atomic E-state index is 0.172. The third-order valence-electron chi connectivity index (χ3n) is 3.72. The molecule has 2 aromatic rings. The zero-order valence-electron chi connectivity index (χ0n) is 10.8. The zero-order chi connectivity index (χ0) is 13.4.